The fraction of sp³-hybridized carbons (Fsp3) is 0.647. The van der Waals surface area contributed by atoms with Crippen LogP contribution in [0.4, 0.5) is 4.79 Å². The van der Waals surface area contributed by atoms with Crippen LogP contribution in [-0.2, 0) is 0 Å². The van der Waals surface area contributed by atoms with Crippen LogP contribution in [0.5, 0.6) is 5.75 Å². The molecule has 0 radical (unpaired) electrons. The summed E-state index contributed by atoms with van der Waals surface area (Å²) in [6, 6.07) is 3.89. The summed E-state index contributed by atoms with van der Waals surface area (Å²) in [6.07, 6.45) is 6.64. The monoisotopic (exact) mass is 305 g/mol. The van der Waals surface area contributed by atoms with E-state index >= 15 is 0 Å². The van der Waals surface area contributed by atoms with E-state index < -0.39 is 0 Å². The Hall–Kier alpha value is -1.78. The molecular weight excluding hydrogens is 278 g/mol. The average molecular weight is 305 g/mol. The molecule has 5 nitrogen and oxygen atoms in total. The minimum absolute atomic E-state index is 0.0822. The fourth-order valence-corrected chi connectivity index (χ4v) is 2.60. The number of aromatic nitrogens is 1. The molecule has 0 aromatic carbocycles. The van der Waals surface area contributed by atoms with Crippen LogP contribution in [0, 0.1) is 11.8 Å². The zero-order chi connectivity index (χ0) is 15.8. The molecule has 1 N–H and O–H groups in total. The first-order valence-electron chi connectivity index (χ1n) is 8.20. The van der Waals surface area contributed by atoms with Crippen LogP contribution >= 0.6 is 0 Å². The maximum absolute atomic E-state index is 12.0. The lowest BCUT2D eigenvalue weighted by molar-refractivity contribution is 0.159. The standard InChI is InChI=1S/C17H27N3O2/c1-14(2)12-19-17(21)20-9-5-15(6-10-20)7-11-22-16-4-3-8-18-13-16/h3-4,8,13-15H,5-7,9-12H2,1-2H3,(H,19,21). The number of ether oxygens (including phenoxy) is 1. The van der Waals surface area contributed by atoms with E-state index in [0.717, 1.165) is 51.3 Å². The molecule has 0 spiro atoms. The third-order valence-corrected chi connectivity index (χ3v) is 3.99. The van der Waals surface area contributed by atoms with Gasteiger partial charge in [0.05, 0.1) is 12.8 Å². The Bertz CT molecular complexity index is 442. The number of nitrogens with zero attached hydrogens (tertiary/aromatic N) is 2. The van der Waals surface area contributed by atoms with Crippen molar-refractivity contribution in [2.45, 2.75) is 33.1 Å². The number of amides is 2. The van der Waals surface area contributed by atoms with Gasteiger partial charge in [0.2, 0.25) is 0 Å². The van der Waals surface area contributed by atoms with Crippen molar-refractivity contribution >= 4 is 6.03 Å². The minimum atomic E-state index is 0.0822. The van der Waals surface area contributed by atoms with Crippen molar-refractivity contribution in [2.75, 3.05) is 26.2 Å². The number of hydrogen-bond acceptors (Lipinski definition) is 3. The quantitative estimate of drug-likeness (QED) is 0.879. The number of carbonyl (C=O) groups excluding carboxylic acids is 1. The van der Waals surface area contributed by atoms with Gasteiger partial charge in [-0.2, -0.15) is 0 Å². The molecule has 0 aliphatic carbocycles. The van der Waals surface area contributed by atoms with Crippen LogP contribution in [0.1, 0.15) is 33.1 Å². The molecular formula is C17H27N3O2. The van der Waals surface area contributed by atoms with E-state index in [0.29, 0.717) is 11.8 Å². The highest BCUT2D eigenvalue weighted by atomic mass is 16.5. The van der Waals surface area contributed by atoms with Gasteiger partial charge >= 0.3 is 6.03 Å². The Balaban J connectivity index is 1.61. The van der Waals surface area contributed by atoms with E-state index in [9.17, 15) is 4.79 Å². The lowest BCUT2D eigenvalue weighted by atomic mass is 9.94. The van der Waals surface area contributed by atoms with Gasteiger partial charge in [0.1, 0.15) is 5.75 Å². The van der Waals surface area contributed by atoms with Crippen LogP contribution in [-0.4, -0.2) is 42.2 Å². The molecule has 22 heavy (non-hydrogen) atoms. The molecule has 2 heterocycles. The molecule has 122 valence electrons. The Kier molecular flexibility index (Phi) is 6.49. The van der Waals surface area contributed by atoms with Gasteiger partial charge in [0.15, 0.2) is 0 Å². The van der Waals surface area contributed by atoms with Crippen molar-refractivity contribution in [3.8, 4) is 5.75 Å². The third kappa shape index (κ3) is 5.54. The first-order valence-corrected chi connectivity index (χ1v) is 8.20. The molecule has 0 unspecified atom stereocenters. The number of carbonyl (C=O) groups is 1. The van der Waals surface area contributed by atoms with E-state index in [-0.39, 0.29) is 6.03 Å². The first-order chi connectivity index (χ1) is 10.6. The van der Waals surface area contributed by atoms with Crippen molar-refractivity contribution in [3.63, 3.8) is 0 Å². The van der Waals surface area contributed by atoms with Gasteiger partial charge in [-0.15, -0.1) is 0 Å². The van der Waals surface area contributed by atoms with Crippen molar-refractivity contribution in [1.82, 2.24) is 15.2 Å². The lowest BCUT2D eigenvalue weighted by Crippen LogP contribution is -2.45. The number of nitrogens with one attached hydrogen (secondary N) is 1. The molecule has 2 amide bonds. The van der Waals surface area contributed by atoms with Gasteiger partial charge < -0.3 is 15.0 Å². The zero-order valence-corrected chi connectivity index (χ0v) is 13.6. The average Bonchev–Trinajstić information content (AvgIpc) is 2.54. The molecule has 1 aromatic heterocycles. The Morgan fingerprint density at radius 1 is 1.45 bits per heavy atom. The molecule has 0 bridgehead atoms. The zero-order valence-electron chi connectivity index (χ0n) is 13.6. The van der Waals surface area contributed by atoms with Crippen LogP contribution < -0.4 is 10.1 Å². The predicted molar refractivity (Wildman–Crippen MR) is 86.9 cm³/mol. The summed E-state index contributed by atoms with van der Waals surface area (Å²) >= 11 is 0. The predicted octanol–water partition coefficient (Wildman–Crippen LogP) is 2.93. The second-order valence-corrected chi connectivity index (χ2v) is 6.34. The molecule has 1 aromatic rings. The Morgan fingerprint density at radius 2 is 2.23 bits per heavy atom. The van der Waals surface area contributed by atoms with Gasteiger partial charge in [-0.25, -0.2) is 4.79 Å². The smallest absolute Gasteiger partial charge is 0.317 e. The van der Waals surface area contributed by atoms with Gasteiger partial charge in [-0.1, -0.05) is 13.8 Å². The summed E-state index contributed by atoms with van der Waals surface area (Å²) in [7, 11) is 0. The normalized spacial score (nSPS) is 15.9. The van der Waals surface area contributed by atoms with E-state index in [2.05, 4.69) is 24.1 Å². The van der Waals surface area contributed by atoms with Gasteiger partial charge in [-0.05, 0) is 43.2 Å². The highest BCUT2D eigenvalue weighted by Crippen LogP contribution is 2.21. The molecule has 1 saturated heterocycles. The largest absolute Gasteiger partial charge is 0.492 e. The number of likely N-dealkylation sites (tertiary alicyclic amines) is 1. The van der Waals surface area contributed by atoms with Gasteiger partial charge in [-0.3, -0.25) is 4.98 Å². The number of piperidine rings is 1. The fourth-order valence-electron chi connectivity index (χ4n) is 2.60. The summed E-state index contributed by atoms with van der Waals surface area (Å²) in [5, 5.41) is 2.99. The van der Waals surface area contributed by atoms with Gasteiger partial charge in [0.25, 0.3) is 0 Å². The molecule has 5 heteroatoms. The van der Waals surface area contributed by atoms with E-state index in [1.807, 2.05) is 17.0 Å². The van der Waals surface area contributed by atoms with E-state index in [4.69, 9.17) is 4.74 Å². The first kappa shape index (κ1) is 16.6. The van der Waals surface area contributed by atoms with Crippen molar-refractivity contribution in [1.29, 1.82) is 0 Å². The second kappa shape index (κ2) is 8.61. The van der Waals surface area contributed by atoms with Crippen LogP contribution in [0.15, 0.2) is 24.5 Å². The number of pyridine rings is 1. The maximum atomic E-state index is 12.0. The lowest BCUT2D eigenvalue weighted by Gasteiger charge is -2.32. The maximum Gasteiger partial charge on any atom is 0.317 e. The summed E-state index contributed by atoms with van der Waals surface area (Å²) < 4.78 is 5.69. The topological polar surface area (TPSA) is 54.5 Å². The third-order valence-electron chi connectivity index (χ3n) is 3.99. The highest BCUT2D eigenvalue weighted by molar-refractivity contribution is 5.74. The molecule has 1 fully saturated rings. The van der Waals surface area contributed by atoms with Crippen LogP contribution in [0.3, 0.4) is 0 Å². The van der Waals surface area contributed by atoms with Crippen LogP contribution in [0.25, 0.3) is 0 Å². The van der Waals surface area contributed by atoms with Crippen molar-refractivity contribution in [2.24, 2.45) is 11.8 Å². The number of hydrogen-bond donors (Lipinski definition) is 1. The number of rotatable bonds is 6. The Labute approximate surface area is 133 Å². The summed E-state index contributed by atoms with van der Waals surface area (Å²) in [4.78, 5) is 18.0. The van der Waals surface area contributed by atoms with Crippen molar-refractivity contribution in [3.05, 3.63) is 24.5 Å². The molecule has 2 rings (SSSR count). The molecule has 0 saturated carbocycles. The van der Waals surface area contributed by atoms with Crippen LogP contribution in [0.2, 0.25) is 0 Å². The minimum Gasteiger partial charge on any atom is -0.492 e. The second-order valence-electron chi connectivity index (χ2n) is 6.34. The summed E-state index contributed by atoms with van der Waals surface area (Å²) in [5.41, 5.74) is 0. The summed E-state index contributed by atoms with van der Waals surface area (Å²) in [6.45, 7) is 7.38. The molecule has 1 aliphatic rings. The van der Waals surface area contributed by atoms with E-state index in [1.54, 1.807) is 12.4 Å². The van der Waals surface area contributed by atoms with Crippen molar-refractivity contribution < 1.29 is 9.53 Å². The SMILES string of the molecule is CC(C)CNC(=O)N1CCC(CCOc2cccnc2)CC1. The van der Waals surface area contributed by atoms with Gasteiger partial charge in [0, 0.05) is 25.8 Å². The Morgan fingerprint density at radius 3 is 2.86 bits per heavy atom. The molecule has 1 aliphatic heterocycles. The molecule has 0 atom stereocenters. The number of urea groups is 1. The highest BCUT2D eigenvalue weighted by Gasteiger charge is 2.22. The summed E-state index contributed by atoms with van der Waals surface area (Å²) in [5.74, 6) is 1.96. The van der Waals surface area contributed by atoms with E-state index in [1.165, 1.54) is 0 Å².